The molecule has 1 heterocycles. The van der Waals surface area contributed by atoms with Gasteiger partial charge in [-0.05, 0) is 36.6 Å². The van der Waals surface area contributed by atoms with Crippen molar-refractivity contribution in [1.29, 1.82) is 0 Å². The van der Waals surface area contributed by atoms with E-state index in [-0.39, 0.29) is 24.9 Å². The van der Waals surface area contributed by atoms with Gasteiger partial charge in [-0.2, -0.15) is 4.80 Å². The fourth-order valence-electron chi connectivity index (χ4n) is 3.35. The van der Waals surface area contributed by atoms with Crippen molar-refractivity contribution in [2.75, 3.05) is 32.2 Å². The van der Waals surface area contributed by atoms with Crippen LogP contribution in [-0.2, 0) is 16.1 Å². The minimum Gasteiger partial charge on any atom is -0.497 e. The zero-order chi connectivity index (χ0) is 25.4. The number of nitrogens with zero attached hydrogens (tertiary/aromatic N) is 5. The molecule has 2 aromatic carbocycles. The molecule has 0 fully saturated rings. The van der Waals surface area contributed by atoms with Gasteiger partial charge in [0.05, 0.1) is 19.9 Å². The Morgan fingerprint density at radius 1 is 1.09 bits per heavy atom. The van der Waals surface area contributed by atoms with Gasteiger partial charge in [0.25, 0.3) is 5.91 Å². The van der Waals surface area contributed by atoms with Crippen molar-refractivity contribution in [2.24, 2.45) is 5.92 Å². The number of carbonyl (C=O) groups is 2. The summed E-state index contributed by atoms with van der Waals surface area (Å²) in [6, 6.07) is 12.8. The summed E-state index contributed by atoms with van der Waals surface area (Å²) in [5.41, 5.74) is 2.36. The minimum absolute atomic E-state index is 0.181. The van der Waals surface area contributed by atoms with E-state index in [0.717, 1.165) is 17.5 Å². The fourth-order valence-corrected chi connectivity index (χ4v) is 3.35. The van der Waals surface area contributed by atoms with Gasteiger partial charge in [0.1, 0.15) is 24.6 Å². The first-order valence-electron chi connectivity index (χ1n) is 11.4. The molecule has 0 aliphatic carbocycles. The van der Waals surface area contributed by atoms with Gasteiger partial charge in [-0.15, -0.1) is 10.2 Å². The number of carbonyl (C=O) groups excluding carboxylic acids is 2. The molecular weight excluding hydrogens is 448 g/mol. The maximum absolute atomic E-state index is 13.4. The van der Waals surface area contributed by atoms with Crippen molar-refractivity contribution in [3.05, 3.63) is 48.0 Å². The van der Waals surface area contributed by atoms with Crippen molar-refractivity contribution in [2.45, 2.75) is 33.7 Å². The van der Waals surface area contributed by atoms with Crippen LogP contribution in [0, 0.1) is 12.8 Å². The standard InChI is InChI=1S/C25H32N6O4/c1-17(2)12-13-26-23(32)15-30(21-11-10-20(34-4)14-22(21)35-5)24(33)16-31-28-25(27-29-31)19-8-6-18(3)7-9-19/h6-11,14,17H,12-13,15-16H2,1-5H3,(H,26,32). The smallest absolute Gasteiger partial charge is 0.251 e. The van der Waals surface area contributed by atoms with Gasteiger partial charge in [0, 0.05) is 18.2 Å². The van der Waals surface area contributed by atoms with Crippen LogP contribution in [0.2, 0.25) is 0 Å². The molecule has 3 rings (SSSR count). The average Bonchev–Trinajstić information content (AvgIpc) is 3.30. The topological polar surface area (TPSA) is 111 Å². The summed E-state index contributed by atoms with van der Waals surface area (Å²) in [5.74, 6) is 1.18. The van der Waals surface area contributed by atoms with Gasteiger partial charge in [-0.25, -0.2) is 0 Å². The van der Waals surface area contributed by atoms with E-state index in [4.69, 9.17) is 9.47 Å². The van der Waals surface area contributed by atoms with Crippen molar-refractivity contribution in [3.8, 4) is 22.9 Å². The number of ether oxygens (including phenoxy) is 2. The highest BCUT2D eigenvalue weighted by molar-refractivity contribution is 5.99. The molecule has 3 aromatic rings. The van der Waals surface area contributed by atoms with Crippen LogP contribution in [0.5, 0.6) is 11.5 Å². The number of aryl methyl sites for hydroxylation is 1. The second-order valence-corrected chi connectivity index (χ2v) is 8.56. The quantitative estimate of drug-likeness (QED) is 0.449. The van der Waals surface area contributed by atoms with Gasteiger partial charge in [0.15, 0.2) is 0 Å². The Hall–Kier alpha value is -3.95. The van der Waals surface area contributed by atoms with E-state index in [0.29, 0.717) is 35.5 Å². The number of hydrogen-bond acceptors (Lipinski definition) is 7. The zero-order valence-electron chi connectivity index (χ0n) is 20.8. The molecule has 0 bridgehead atoms. The maximum atomic E-state index is 13.4. The summed E-state index contributed by atoms with van der Waals surface area (Å²) in [5, 5.41) is 15.3. The highest BCUT2D eigenvalue weighted by Gasteiger charge is 2.24. The number of aromatic nitrogens is 4. The van der Waals surface area contributed by atoms with E-state index >= 15 is 0 Å². The van der Waals surface area contributed by atoms with Crippen LogP contribution in [0.4, 0.5) is 5.69 Å². The number of rotatable bonds is 11. The molecule has 2 amide bonds. The minimum atomic E-state index is -0.389. The molecule has 0 saturated carbocycles. The first-order valence-corrected chi connectivity index (χ1v) is 11.4. The number of hydrogen-bond donors (Lipinski definition) is 1. The Balaban J connectivity index is 1.82. The summed E-state index contributed by atoms with van der Waals surface area (Å²) in [6.07, 6.45) is 0.843. The Morgan fingerprint density at radius 3 is 2.49 bits per heavy atom. The Labute approximate surface area is 205 Å². The van der Waals surface area contributed by atoms with Crippen LogP contribution >= 0.6 is 0 Å². The van der Waals surface area contributed by atoms with Gasteiger partial charge >= 0.3 is 0 Å². The van der Waals surface area contributed by atoms with E-state index in [1.807, 2.05) is 31.2 Å². The second-order valence-electron chi connectivity index (χ2n) is 8.56. The zero-order valence-corrected chi connectivity index (χ0v) is 20.8. The lowest BCUT2D eigenvalue weighted by atomic mass is 10.1. The predicted molar refractivity (Wildman–Crippen MR) is 132 cm³/mol. The summed E-state index contributed by atoms with van der Waals surface area (Å²) in [4.78, 5) is 28.6. The normalized spacial score (nSPS) is 10.8. The molecule has 0 unspecified atom stereocenters. The van der Waals surface area contributed by atoms with Crippen molar-refractivity contribution in [1.82, 2.24) is 25.5 Å². The third-order valence-electron chi connectivity index (χ3n) is 5.36. The second kappa shape index (κ2) is 12.0. The lowest BCUT2D eigenvalue weighted by Gasteiger charge is -2.24. The van der Waals surface area contributed by atoms with E-state index in [1.165, 1.54) is 16.8 Å². The Kier molecular flexibility index (Phi) is 8.77. The number of nitrogens with one attached hydrogen (secondary N) is 1. The molecule has 10 nitrogen and oxygen atoms in total. The molecule has 0 spiro atoms. The SMILES string of the molecule is COc1ccc(N(CC(=O)NCCC(C)C)C(=O)Cn2nnc(-c3ccc(C)cc3)n2)c(OC)c1. The lowest BCUT2D eigenvalue weighted by molar-refractivity contribution is -0.124. The highest BCUT2D eigenvalue weighted by atomic mass is 16.5. The monoisotopic (exact) mass is 480 g/mol. The third kappa shape index (κ3) is 7.02. The highest BCUT2D eigenvalue weighted by Crippen LogP contribution is 2.32. The van der Waals surface area contributed by atoms with Crippen molar-refractivity contribution >= 4 is 17.5 Å². The van der Waals surface area contributed by atoms with Crippen molar-refractivity contribution < 1.29 is 19.1 Å². The average molecular weight is 481 g/mol. The predicted octanol–water partition coefficient (Wildman–Crippen LogP) is 2.86. The largest absolute Gasteiger partial charge is 0.497 e. The molecule has 186 valence electrons. The molecular formula is C25H32N6O4. The molecule has 0 aliphatic rings. The van der Waals surface area contributed by atoms with Gasteiger partial charge < -0.3 is 14.8 Å². The molecule has 0 saturated heterocycles. The van der Waals surface area contributed by atoms with E-state index in [2.05, 4.69) is 34.6 Å². The van der Waals surface area contributed by atoms with Gasteiger partial charge in [-0.1, -0.05) is 43.7 Å². The number of tetrazole rings is 1. The summed E-state index contributed by atoms with van der Waals surface area (Å²) < 4.78 is 10.7. The number of methoxy groups -OCH3 is 2. The maximum Gasteiger partial charge on any atom is 0.251 e. The molecule has 35 heavy (non-hydrogen) atoms. The van der Waals surface area contributed by atoms with Crippen LogP contribution in [0.15, 0.2) is 42.5 Å². The summed E-state index contributed by atoms with van der Waals surface area (Å²) >= 11 is 0. The summed E-state index contributed by atoms with van der Waals surface area (Å²) in [7, 11) is 3.04. The molecule has 10 heteroatoms. The molecule has 0 radical (unpaired) electrons. The van der Waals surface area contributed by atoms with Gasteiger partial charge in [0.2, 0.25) is 11.7 Å². The van der Waals surface area contributed by atoms with E-state index in [9.17, 15) is 9.59 Å². The molecule has 0 atom stereocenters. The van der Waals surface area contributed by atoms with E-state index < -0.39 is 0 Å². The van der Waals surface area contributed by atoms with Gasteiger partial charge in [-0.3, -0.25) is 14.5 Å². The van der Waals surface area contributed by atoms with Crippen LogP contribution in [0.25, 0.3) is 11.4 Å². The first-order chi connectivity index (χ1) is 16.8. The Bertz CT molecular complexity index is 1140. The molecule has 1 aromatic heterocycles. The number of anilines is 1. The number of benzene rings is 2. The Morgan fingerprint density at radius 2 is 1.83 bits per heavy atom. The van der Waals surface area contributed by atoms with Crippen LogP contribution in [0.3, 0.4) is 0 Å². The molecule has 0 aliphatic heterocycles. The van der Waals surface area contributed by atoms with Crippen LogP contribution in [-0.4, -0.2) is 59.3 Å². The van der Waals surface area contributed by atoms with Crippen LogP contribution in [0.1, 0.15) is 25.8 Å². The summed E-state index contributed by atoms with van der Waals surface area (Å²) in [6.45, 7) is 6.31. The fraction of sp³-hybridized carbons (Fsp3) is 0.400. The van der Waals surface area contributed by atoms with Crippen LogP contribution < -0.4 is 19.7 Å². The molecule has 1 N–H and O–H groups in total. The lowest BCUT2D eigenvalue weighted by Crippen LogP contribution is -2.43. The van der Waals surface area contributed by atoms with E-state index in [1.54, 1.807) is 25.3 Å². The number of amides is 2. The third-order valence-corrected chi connectivity index (χ3v) is 5.36. The first kappa shape index (κ1) is 25.7. The van der Waals surface area contributed by atoms with Crippen molar-refractivity contribution in [3.63, 3.8) is 0 Å².